The van der Waals surface area contributed by atoms with E-state index in [-0.39, 0.29) is 22.8 Å². The molecule has 0 saturated carbocycles. The van der Waals surface area contributed by atoms with Gasteiger partial charge in [0.25, 0.3) is 0 Å². The van der Waals surface area contributed by atoms with Crippen LogP contribution in [-0.2, 0) is 35.4 Å². The number of nitrogens with zero attached hydrogens (tertiary/aromatic N) is 2. The van der Waals surface area contributed by atoms with Crippen molar-refractivity contribution in [1.82, 2.24) is 15.3 Å². The summed E-state index contributed by atoms with van der Waals surface area (Å²) in [6, 6.07) is 12.2. The molecule has 35 heavy (non-hydrogen) atoms. The average molecular weight is 505 g/mol. The highest BCUT2D eigenvalue weighted by Crippen LogP contribution is 2.41. The molecule has 0 spiro atoms. The number of aryl methyl sites for hydroxylation is 1. The van der Waals surface area contributed by atoms with E-state index in [4.69, 9.17) is 0 Å². The number of thiophene rings is 1. The summed E-state index contributed by atoms with van der Waals surface area (Å²) in [6.45, 7) is 0.316. The molecule has 1 amide bonds. The van der Waals surface area contributed by atoms with Gasteiger partial charge in [-0.15, -0.1) is 11.3 Å². The summed E-state index contributed by atoms with van der Waals surface area (Å²) in [5.74, 6) is 0.310. The second-order valence-electron chi connectivity index (χ2n) is 8.79. The molecule has 6 rings (SSSR count). The van der Waals surface area contributed by atoms with Gasteiger partial charge in [0.05, 0.1) is 5.39 Å². The normalized spacial score (nSPS) is 16.7. The first kappa shape index (κ1) is 22.2. The fraction of sp³-hybridized carbons (Fsp3) is 0.231. The highest BCUT2D eigenvalue weighted by Gasteiger charge is 2.29. The molecular weight excluding hydrogens is 483 g/mol. The Morgan fingerprint density at radius 2 is 2.09 bits per heavy atom. The molecule has 6 nitrogen and oxygen atoms in total. The van der Waals surface area contributed by atoms with Gasteiger partial charge in [0.2, 0.25) is 5.91 Å². The summed E-state index contributed by atoms with van der Waals surface area (Å²) in [4.78, 5) is 36.7. The Kier molecular flexibility index (Phi) is 5.74. The molecule has 0 saturated heterocycles. The minimum atomic E-state index is -0.304. The van der Waals surface area contributed by atoms with Crippen LogP contribution in [-0.4, -0.2) is 21.0 Å². The maximum absolute atomic E-state index is 13.4. The molecule has 176 valence electrons. The van der Waals surface area contributed by atoms with Gasteiger partial charge in [-0.2, -0.15) is 0 Å². The smallest absolute Gasteiger partial charge is 0.223 e. The molecule has 0 radical (unpaired) electrons. The monoisotopic (exact) mass is 504 g/mol. The zero-order valence-electron chi connectivity index (χ0n) is 18.6. The van der Waals surface area contributed by atoms with Crippen LogP contribution in [0.3, 0.4) is 0 Å². The van der Waals surface area contributed by atoms with Crippen LogP contribution in [0.25, 0.3) is 10.2 Å². The molecule has 2 aromatic carbocycles. The van der Waals surface area contributed by atoms with Gasteiger partial charge in [0.15, 0.2) is 5.12 Å². The number of thioether (sulfide) groups is 1. The van der Waals surface area contributed by atoms with Gasteiger partial charge in [-0.1, -0.05) is 30.0 Å². The van der Waals surface area contributed by atoms with Gasteiger partial charge in [-0.3, -0.25) is 9.59 Å². The summed E-state index contributed by atoms with van der Waals surface area (Å²) in [6.07, 6.45) is 4.20. The molecule has 1 unspecified atom stereocenters. The van der Waals surface area contributed by atoms with Gasteiger partial charge in [-0.05, 0) is 60.2 Å². The van der Waals surface area contributed by atoms with Crippen LogP contribution in [0.4, 0.5) is 15.9 Å². The Morgan fingerprint density at radius 1 is 1.17 bits per heavy atom. The predicted molar refractivity (Wildman–Crippen MR) is 135 cm³/mol. The molecule has 4 aromatic rings. The van der Waals surface area contributed by atoms with Gasteiger partial charge >= 0.3 is 0 Å². The maximum atomic E-state index is 13.4. The van der Waals surface area contributed by atoms with E-state index in [9.17, 15) is 14.0 Å². The lowest BCUT2D eigenvalue weighted by Gasteiger charge is -2.22. The second-order valence-corrected chi connectivity index (χ2v) is 11.0. The Bertz CT molecular complexity index is 1490. The number of hydrogen-bond acceptors (Lipinski definition) is 7. The lowest BCUT2D eigenvalue weighted by Crippen LogP contribution is -2.33. The summed E-state index contributed by atoms with van der Waals surface area (Å²) < 4.78 is 13.4. The average Bonchev–Trinajstić information content (AvgIpc) is 3.41. The van der Waals surface area contributed by atoms with Crippen molar-refractivity contribution in [3.63, 3.8) is 0 Å². The Morgan fingerprint density at radius 3 is 2.97 bits per heavy atom. The second kappa shape index (κ2) is 9.05. The van der Waals surface area contributed by atoms with Crippen LogP contribution in [0.15, 0.2) is 53.7 Å². The van der Waals surface area contributed by atoms with Crippen LogP contribution < -0.4 is 10.6 Å². The summed E-state index contributed by atoms with van der Waals surface area (Å²) >= 11 is 2.90. The van der Waals surface area contributed by atoms with Crippen LogP contribution in [0, 0.1) is 11.7 Å². The maximum Gasteiger partial charge on any atom is 0.223 e. The molecule has 2 aliphatic rings. The van der Waals surface area contributed by atoms with E-state index >= 15 is 0 Å². The van der Waals surface area contributed by atoms with Gasteiger partial charge in [-0.25, -0.2) is 14.4 Å². The third-order valence-corrected chi connectivity index (χ3v) is 8.59. The largest absolute Gasteiger partial charge is 0.352 e. The van der Waals surface area contributed by atoms with E-state index in [2.05, 4.69) is 20.6 Å². The number of rotatable bonds is 5. The first-order chi connectivity index (χ1) is 17.0. The summed E-state index contributed by atoms with van der Waals surface area (Å²) in [5, 5.41) is 7.57. The van der Waals surface area contributed by atoms with Crippen molar-refractivity contribution in [1.29, 1.82) is 0 Å². The first-order valence-electron chi connectivity index (χ1n) is 11.4. The van der Waals surface area contributed by atoms with E-state index in [1.54, 1.807) is 29.8 Å². The van der Waals surface area contributed by atoms with E-state index in [1.807, 2.05) is 18.2 Å². The van der Waals surface area contributed by atoms with E-state index in [0.29, 0.717) is 19.4 Å². The number of fused-ring (bicyclic) bond motifs is 4. The fourth-order valence-electron chi connectivity index (χ4n) is 4.73. The standard InChI is InChI=1S/C26H21FN4O2S2/c27-17-3-1-2-14(8-17)12-28-25(33)16-5-7-19-21(9-16)35-26-23(19)24(29-13-30-26)31-18-6-4-15-10-22(32)34-20(15)11-18/h1-4,6,8,11,13,16H,5,7,9-10,12H2,(H,28,33)(H,29,30,31). The molecule has 0 fully saturated rings. The molecule has 2 N–H and O–H groups in total. The van der Waals surface area contributed by atoms with Crippen molar-refractivity contribution >= 4 is 55.8 Å². The van der Waals surface area contributed by atoms with Crippen molar-refractivity contribution in [2.24, 2.45) is 5.92 Å². The van der Waals surface area contributed by atoms with Crippen molar-refractivity contribution in [3.05, 3.63) is 76.2 Å². The van der Waals surface area contributed by atoms with Crippen molar-refractivity contribution in [2.75, 3.05) is 5.32 Å². The first-order valence-corrected chi connectivity index (χ1v) is 13.0. The number of anilines is 2. The third-order valence-electron chi connectivity index (χ3n) is 6.46. The minimum absolute atomic E-state index is 0.00742. The molecule has 1 atom stereocenters. The minimum Gasteiger partial charge on any atom is -0.352 e. The third kappa shape index (κ3) is 4.41. The highest BCUT2D eigenvalue weighted by atomic mass is 32.2. The number of carbonyl (C=O) groups is 2. The molecule has 9 heteroatoms. The van der Waals surface area contributed by atoms with Crippen LogP contribution in [0.5, 0.6) is 0 Å². The molecule has 2 aromatic heterocycles. The zero-order chi connectivity index (χ0) is 23.9. The number of nitrogens with one attached hydrogen (secondary N) is 2. The zero-order valence-corrected chi connectivity index (χ0v) is 20.3. The predicted octanol–water partition coefficient (Wildman–Crippen LogP) is 5.17. The number of benzene rings is 2. The van der Waals surface area contributed by atoms with Crippen LogP contribution >= 0.6 is 23.1 Å². The van der Waals surface area contributed by atoms with Crippen LogP contribution in [0.1, 0.15) is 28.0 Å². The van der Waals surface area contributed by atoms with Gasteiger partial charge < -0.3 is 10.6 Å². The lowest BCUT2D eigenvalue weighted by atomic mass is 9.87. The van der Waals surface area contributed by atoms with Crippen molar-refractivity contribution in [2.45, 2.75) is 37.1 Å². The molecule has 1 aliphatic heterocycles. The molecule has 3 heterocycles. The number of hydrogen-bond donors (Lipinski definition) is 2. The molecular formula is C26H21FN4O2S2. The quantitative estimate of drug-likeness (QED) is 0.390. The van der Waals surface area contributed by atoms with E-state index < -0.39 is 0 Å². The SMILES string of the molecule is O=C1Cc2ccc(Nc3ncnc4sc5c(c34)CCC(C(=O)NCc3cccc(F)c3)C5)cc2S1. The number of carbonyl (C=O) groups excluding carboxylic acids is 2. The van der Waals surface area contributed by atoms with Crippen molar-refractivity contribution in [3.8, 4) is 0 Å². The Labute approximate surface area is 209 Å². The fourth-order valence-corrected chi connectivity index (χ4v) is 6.93. The van der Waals surface area contributed by atoms with Crippen LogP contribution in [0.2, 0.25) is 0 Å². The summed E-state index contributed by atoms with van der Waals surface area (Å²) in [5.41, 5.74) is 3.90. The van der Waals surface area contributed by atoms with Gasteiger partial charge in [0.1, 0.15) is 22.8 Å². The Balaban J connectivity index is 1.20. The van der Waals surface area contributed by atoms with Gasteiger partial charge in [0, 0.05) is 34.3 Å². The number of halogens is 1. The highest BCUT2D eigenvalue weighted by molar-refractivity contribution is 8.14. The molecule has 1 aliphatic carbocycles. The topological polar surface area (TPSA) is 84.0 Å². The van der Waals surface area contributed by atoms with E-state index in [0.717, 1.165) is 55.5 Å². The number of amides is 1. The number of aromatic nitrogens is 2. The van der Waals surface area contributed by atoms with Crippen molar-refractivity contribution < 1.29 is 14.0 Å². The summed E-state index contributed by atoms with van der Waals surface area (Å²) in [7, 11) is 0. The Hall–Kier alpha value is -3.30. The lowest BCUT2D eigenvalue weighted by molar-refractivity contribution is -0.125. The molecule has 0 bridgehead atoms. The van der Waals surface area contributed by atoms with E-state index in [1.165, 1.54) is 29.5 Å².